The first-order valence-corrected chi connectivity index (χ1v) is 16.6. The van der Waals surface area contributed by atoms with Crippen molar-refractivity contribution in [2.24, 2.45) is 0 Å². The first kappa shape index (κ1) is 40.6. The fraction of sp³-hybridized carbons (Fsp3) is 0.714. The standard InChI is InChI=1S/C28H38O18S2/c1-11(29)37-9-19-21(39-13(3)31)23(41-15(5)33)25(43-17(7)35)27(45-19)47-48-28-26(44-18(8)36)24(42-16(6)34)22(40-14(4)32)20(46-28)10-38-12(2)30/h19-28H,9-10H2,1-8H3/t19-,20-,21+,22+,23+,24+,25-,26-,27+,28+/m1/s1. The molecule has 10 atom stereocenters. The van der Waals surface area contributed by atoms with Gasteiger partial charge in [0.15, 0.2) is 47.5 Å². The summed E-state index contributed by atoms with van der Waals surface area (Å²) < 4.78 is 54.9. The molecule has 0 aromatic carbocycles. The highest BCUT2D eigenvalue weighted by Gasteiger charge is 2.55. The Morgan fingerprint density at radius 3 is 0.896 bits per heavy atom. The van der Waals surface area contributed by atoms with Crippen LogP contribution in [0.1, 0.15) is 55.4 Å². The molecule has 2 aliphatic heterocycles. The van der Waals surface area contributed by atoms with Gasteiger partial charge < -0.3 is 47.4 Å². The predicted octanol–water partition coefficient (Wildman–Crippen LogP) is 0.534. The zero-order chi connectivity index (χ0) is 36.3. The molecule has 18 nitrogen and oxygen atoms in total. The molecular formula is C28H38O18S2. The molecule has 20 heteroatoms. The normalized spacial score (nSPS) is 29.7. The van der Waals surface area contributed by atoms with Crippen LogP contribution in [0.2, 0.25) is 0 Å². The van der Waals surface area contributed by atoms with Crippen molar-refractivity contribution in [1.82, 2.24) is 0 Å². The Labute approximate surface area is 283 Å². The third-order valence-corrected chi connectivity index (χ3v) is 8.86. The molecule has 2 rings (SSSR count). The van der Waals surface area contributed by atoms with E-state index in [9.17, 15) is 38.4 Å². The number of carbonyl (C=O) groups is 8. The summed E-state index contributed by atoms with van der Waals surface area (Å²) in [4.78, 5) is 96.1. The van der Waals surface area contributed by atoms with Crippen LogP contribution in [0.4, 0.5) is 0 Å². The van der Waals surface area contributed by atoms with Crippen LogP contribution in [0.5, 0.6) is 0 Å². The molecule has 0 saturated carbocycles. The summed E-state index contributed by atoms with van der Waals surface area (Å²) in [7, 11) is 1.62. The Bertz CT molecular complexity index is 1130. The second-order valence-corrected chi connectivity index (χ2v) is 12.8. The Balaban J connectivity index is 2.57. The summed E-state index contributed by atoms with van der Waals surface area (Å²) in [6, 6.07) is 0. The van der Waals surface area contributed by atoms with E-state index in [2.05, 4.69) is 0 Å². The van der Waals surface area contributed by atoms with E-state index in [0.29, 0.717) is 0 Å². The van der Waals surface area contributed by atoms with E-state index in [4.69, 9.17) is 47.4 Å². The van der Waals surface area contributed by atoms with Gasteiger partial charge in [-0.2, -0.15) is 0 Å². The number of rotatable bonds is 13. The van der Waals surface area contributed by atoms with Crippen LogP contribution >= 0.6 is 21.6 Å². The lowest BCUT2D eigenvalue weighted by Gasteiger charge is -2.46. The minimum absolute atomic E-state index is 0.474. The smallest absolute Gasteiger partial charge is 0.303 e. The number of carbonyl (C=O) groups excluding carboxylic acids is 8. The fourth-order valence-corrected chi connectivity index (χ4v) is 7.46. The van der Waals surface area contributed by atoms with Crippen molar-refractivity contribution in [3.63, 3.8) is 0 Å². The van der Waals surface area contributed by atoms with Gasteiger partial charge in [-0.1, -0.05) is 21.6 Å². The lowest BCUT2D eigenvalue weighted by Crippen LogP contribution is -2.62. The third kappa shape index (κ3) is 12.8. The zero-order valence-electron chi connectivity index (χ0n) is 27.4. The summed E-state index contributed by atoms with van der Waals surface area (Å²) in [5, 5.41) is 0. The number of esters is 8. The summed E-state index contributed by atoms with van der Waals surface area (Å²) >= 11 is 0. The Hall–Kier alpha value is -3.62. The topological polar surface area (TPSA) is 229 Å². The summed E-state index contributed by atoms with van der Waals surface area (Å²) in [5.74, 6) is -6.37. The van der Waals surface area contributed by atoms with E-state index in [0.717, 1.165) is 77.0 Å². The largest absolute Gasteiger partial charge is 0.463 e. The summed E-state index contributed by atoms with van der Waals surface area (Å²) in [6.45, 7) is 7.75. The van der Waals surface area contributed by atoms with Crippen LogP contribution < -0.4 is 0 Å². The Kier molecular flexibility index (Phi) is 15.9. The van der Waals surface area contributed by atoms with Gasteiger partial charge in [-0.25, -0.2) is 0 Å². The van der Waals surface area contributed by atoms with E-state index in [1.807, 2.05) is 0 Å². The maximum Gasteiger partial charge on any atom is 0.303 e. The van der Waals surface area contributed by atoms with E-state index in [1.54, 1.807) is 0 Å². The van der Waals surface area contributed by atoms with E-state index in [1.165, 1.54) is 0 Å². The average Bonchev–Trinajstić information content (AvgIpc) is 2.93. The van der Waals surface area contributed by atoms with Gasteiger partial charge >= 0.3 is 47.8 Å². The molecule has 0 spiro atoms. The maximum absolute atomic E-state index is 12.2. The summed E-state index contributed by atoms with van der Waals surface area (Å²) in [6.07, 6.45) is -11.1. The molecule has 0 unspecified atom stereocenters. The van der Waals surface area contributed by atoms with Gasteiger partial charge in [-0.3, -0.25) is 38.4 Å². The highest BCUT2D eigenvalue weighted by Crippen LogP contribution is 2.45. The number of ether oxygens (including phenoxy) is 10. The molecule has 0 aliphatic carbocycles. The monoisotopic (exact) mass is 726 g/mol. The van der Waals surface area contributed by atoms with Crippen molar-refractivity contribution in [2.75, 3.05) is 13.2 Å². The minimum atomic E-state index is -1.46. The van der Waals surface area contributed by atoms with Gasteiger partial charge in [0.05, 0.1) is 0 Å². The molecule has 48 heavy (non-hydrogen) atoms. The summed E-state index contributed by atoms with van der Waals surface area (Å²) in [5.41, 5.74) is -2.55. The highest BCUT2D eigenvalue weighted by molar-refractivity contribution is 8.77. The van der Waals surface area contributed by atoms with Crippen molar-refractivity contribution >= 4 is 69.3 Å². The van der Waals surface area contributed by atoms with Crippen molar-refractivity contribution in [1.29, 1.82) is 0 Å². The van der Waals surface area contributed by atoms with Crippen molar-refractivity contribution in [3.05, 3.63) is 0 Å². The van der Waals surface area contributed by atoms with Crippen LogP contribution in [-0.4, -0.2) is 121 Å². The van der Waals surface area contributed by atoms with Crippen LogP contribution in [-0.2, 0) is 85.7 Å². The van der Waals surface area contributed by atoms with Crippen LogP contribution in [0.3, 0.4) is 0 Å². The second-order valence-electron chi connectivity index (χ2n) is 10.3. The van der Waals surface area contributed by atoms with Gasteiger partial charge in [0.25, 0.3) is 0 Å². The maximum atomic E-state index is 12.2. The van der Waals surface area contributed by atoms with Gasteiger partial charge in [-0.05, 0) is 0 Å². The second kappa shape index (κ2) is 18.8. The van der Waals surface area contributed by atoms with Crippen LogP contribution in [0.25, 0.3) is 0 Å². The molecule has 0 aromatic heterocycles. The SMILES string of the molecule is CC(=O)OC[C@H]1O[C@@H](SS[C@@H]2O[C@H](COC(C)=O)[C@H](OC(C)=O)[C@H](OC(C)=O)[C@H]2OC(C)=O)[C@H](OC(C)=O)[C@@H](OC(C)=O)[C@H]1OC(C)=O. The predicted molar refractivity (Wildman–Crippen MR) is 159 cm³/mol. The van der Waals surface area contributed by atoms with Crippen molar-refractivity contribution in [2.45, 2.75) is 115 Å². The number of hydrogen-bond acceptors (Lipinski definition) is 20. The molecule has 0 N–H and O–H groups in total. The van der Waals surface area contributed by atoms with Gasteiger partial charge in [0.2, 0.25) is 0 Å². The quantitative estimate of drug-likeness (QED) is 0.143. The lowest BCUT2D eigenvalue weighted by atomic mass is 9.99. The highest BCUT2D eigenvalue weighted by atomic mass is 33.1. The Morgan fingerprint density at radius 1 is 0.396 bits per heavy atom. The zero-order valence-corrected chi connectivity index (χ0v) is 29.0. The molecular weight excluding hydrogens is 688 g/mol. The molecule has 2 heterocycles. The van der Waals surface area contributed by atoms with Gasteiger partial charge in [0, 0.05) is 55.4 Å². The molecule has 0 bridgehead atoms. The van der Waals surface area contributed by atoms with Gasteiger partial charge in [-0.15, -0.1) is 0 Å². The molecule has 2 saturated heterocycles. The van der Waals surface area contributed by atoms with E-state index in [-0.39, 0.29) is 0 Å². The average molecular weight is 727 g/mol. The van der Waals surface area contributed by atoms with Crippen molar-refractivity contribution < 1.29 is 85.7 Å². The molecule has 0 radical (unpaired) electrons. The molecule has 0 aromatic rings. The minimum Gasteiger partial charge on any atom is -0.463 e. The molecule has 2 aliphatic rings. The van der Waals surface area contributed by atoms with E-state index >= 15 is 0 Å². The van der Waals surface area contributed by atoms with Crippen molar-refractivity contribution in [3.8, 4) is 0 Å². The third-order valence-electron chi connectivity index (χ3n) is 6.14. The lowest BCUT2D eigenvalue weighted by molar-refractivity contribution is -0.238. The fourth-order valence-electron chi connectivity index (χ4n) is 4.64. The van der Waals surface area contributed by atoms with E-state index < -0.39 is 121 Å². The first-order chi connectivity index (χ1) is 22.4. The molecule has 0 amide bonds. The van der Waals surface area contributed by atoms with Gasteiger partial charge in [0.1, 0.15) is 25.4 Å². The van der Waals surface area contributed by atoms with Crippen LogP contribution in [0, 0.1) is 0 Å². The molecule has 2 fully saturated rings. The molecule has 270 valence electrons. The van der Waals surface area contributed by atoms with Crippen LogP contribution in [0.15, 0.2) is 0 Å². The number of hydrogen-bond donors (Lipinski definition) is 0. The Morgan fingerprint density at radius 2 is 0.646 bits per heavy atom. The first-order valence-electron chi connectivity index (χ1n) is 14.3.